The summed E-state index contributed by atoms with van der Waals surface area (Å²) in [7, 11) is 0. The molecule has 2 N–H and O–H groups in total. The van der Waals surface area contributed by atoms with E-state index in [0.29, 0.717) is 25.2 Å². The highest BCUT2D eigenvalue weighted by molar-refractivity contribution is 5.76. The SMILES string of the molecule is O=C(CCCOc1cccc(F)c1)N[C@@H]1C=C[C@H](CO)C1. The van der Waals surface area contributed by atoms with E-state index in [1.165, 1.54) is 12.1 Å². The number of halogens is 1. The van der Waals surface area contributed by atoms with Crippen LogP contribution in [0.25, 0.3) is 0 Å². The van der Waals surface area contributed by atoms with Crippen LogP contribution in [-0.2, 0) is 4.79 Å². The van der Waals surface area contributed by atoms with E-state index in [1.807, 2.05) is 12.2 Å². The predicted molar refractivity (Wildman–Crippen MR) is 77.4 cm³/mol. The van der Waals surface area contributed by atoms with E-state index in [4.69, 9.17) is 9.84 Å². The molecule has 0 saturated heterocycles. The van der Waals surface area contributed by atoms with Crippen LogP contribution < -0.4 is 10.1 Å². The molecule has 5 heteroatoms. The van der Waals surface area contributed by atoms with E-state index in [9.17, 15) is 9.18 Å². The number of aliphatic hydroxyl groups is 1. The summed E-state index contributed by atoms with van der Waals surface area (Å²) in [6, 6.07) is 5.95. The van der Waals surface area contributed by atoms with Gasteiger partial charge in [-0.25, -0.2) is 4.39 Å². The molecule has 2 atom stereocenters. The maximum absolute atomic E-state index is 12.9. The molecule has 0 fully saturated rings. The summed E-state index contributed by atoms with van der Waals surface area (Å²) in [6.45, 7) is 0.487. The second-order valence-corrected chi connectivity index (χ2v) is 5.15. The minimum Gasteiger partial charge on any atom is -0.493 e. The van der Waals surface area contributed by atoms with Gasteiger partial charge in [-0.1, -0.05) is 18.2 Å². The lowest BCUT2D eigenvalue weighted by Crippen LogP contribution is -2.32. The van der Waals surface area contributed by atoms with Gasteiger partial charge in [0, 0.05) is 31.1 Å². The fourth-order valence-corrected chi connectivity index (χ4v) is 2.28. The molecule has 4 nitrogen and oxygen atoms in total. The first-order valence-electron chi connectivity index (χ1n) is 7.14. The molecule has 0 heterocycles. The topological polar surface area (TPSA) is 58.6 Å². The first-order chi connectivity index (χ1) is 10.2. The first kappa shape index (κ1) is 15.5. The second kappa shape index (κ2) is 7.78. The monoisotopic (exact) mass is 293 g/mol. The van der Waals surface area contributed by atoms with Crippen LogP contribution in [0.15, 0.2) is 36.4 Å². The molecule has 21 heavy (non-hydrogen) atoms. The Bertz CT molecular complexity index is 504. The number of carbonyl (C=O) groups excluding carboxylic acids is 1. The molecular formula is C16H20FNO3. The Morgan fingerprint density at radius 3 is 3.00 bits per heavy atom. The molecule has 0 spiro atoms. The molecular weight excluding hydrogens is 273 g/mol. The van der Waals surface area contributed by atoms with Crippen molar-refractivity contribution in [2.45, 2.75) is 25.3 Å². The summed E-state index contributed by atoms with van der Waals surface area (Å²) in [5.41, 5.74) is 0. The van der Waals surface area contributed by atoms with Crippen LogP contribution in [0.3, 0.4) is 0 Å². The van der Waals surface area contributed by atoms with Crippen LogP contribution in [0.2, 0.25) is 0 Å². The lowest BCUT2D eigenvalue weighted by atomic mass is 10.1. The summed E-state index contributed by atoms with van der Waals surface area (Å²) in [5.74, 6) is 0.245. The maximum atomic E-state index is 12.9. The van der Waals surface area contributed by atoms with Gasteiger partial charge in [0.2, 0.25) is 5.91 Å². The minimum absolute atomic E-state index is 0.0128. The van der Waals surface area contributed by atoms with Crippen LogP contribution in [0.1, 0.15) is 19.3 Å². The van der Waals surface area contributed by atoms with E-state index in [2.05, 4.69) is 5.32 Å². The van der Waals surface area contributed by atoms with E-state index in [-0.39, 0.29) is 30.3 Å². The normalized spacial score (nSPS) is 20.5. The van der Waals surface area contributed by atoms with E-state index in [1.54, 1.807) is 12.1 Å². The number of ether oxygens (including phenoxy) is 1. The summed E-state index contributed by atoms with van der Waals surface area (Å²) >= 11 is 0. The number of carbonyl (C=O) groups is 1. The largest absolute Gasteiger partial charge is 0.493 e. The zero-order chi connectivity index (χ0) is 15.1. The van der Waals surface area contributed by atoms with Crippen LogP contribution in [0.5, 0.6) is 5.75 Å². The first-order valence-corrected chi connectivity index (χ1v) is 7.14. The van der Waals surface area contributed by atoms with E-state index >= 15 is 0 Å². The van der Waals surface area contributed by atoms with Gasteiger partial charge in [0.1, 0.15) is 11.6 Å². The molecule has 0 radical (unpaired) electrons. The Morgan fingerprint density at radius 2 is 2.29 bits per heavy atom. The lowest BCUT2D eigenvalue weighted by Gasteiger charge is -2.12. The zero-order valence-electron chi connectivity index (χ0n) is 11.8. The molecule has 1 aromatic rings. The van der Waals surface area contributed by atoms with Crippen LogP contribution in [0, 0.1) is 11.7 Å². The van der Waals surface area contributed by atoms with Crippen molar-refractivity contribution >= 4 is 5.91 Å². The second-order valence-electron chi connectivity index (χ2n) is 5.15. The lowest BCUT2D eigenvalue weighted by molar-refractivity contribution is -0.121. The average molecular weight is 293 g/mol. The number of hydrogen-bond acceptors (Lipinski definition) is 3. The van der Waals surface area contributed by atoms with E-state index in [0.717, 1.165) is 6.42 Å². The molecule has 0 aromatic heterocycles. The summed E-state index contributed by atoms with van der Waals surface area (Å²) in [4.78, 5) is 11.7. The van der Waals surface area contributed by atoms with Crippen LogP contribution in [0.4, 0.5) is 4.39 Å². The van der Waals surface area contributed by atoms with Gasteiger partial charge in [-0.05, 0) is 25.0 Å². The van der Waals surface area contributed by atoms with Crippen LogP contribution in [-0.4, -0.2) is 30.3 Å². The average Bonchev–Trinajstić information content (AvgIpc) is 2.91. The van der Waals surface area contributed by atoms with Crippen molar-refractivity contribution in [2.75, 3.05) is 13.2 Å². The molecule has 114 valence electrons. The molecule has 0 saturated carbocycles. The number of hydrogen-bond donors (Lipinski definition) is 2. The highest BCUT2D eigenvalue weighted by Crippen LogP contribution is 2.17. The number of rotatable bonds is 7. The van der Waals surface area contributed by atoms with Crippen molar-refractivity contribution in [3.8, 4) is 5.75 Å². The third kappa shape index (κ3) is 5.19. The predicted octanol–water partition coefficient (Wildman–Crippen LogP) is 2.04. The maximum Gasteiger partial charge on any atom is 0.220 e. The Balaban J connectivity index is 1.60. The molecule has 0 unspecified atom stereocenters. The molecule has 1 aromatic carbocycles. The fraction of sp³-hybridized carbons (Fsp3) is 0.438. The minimum atomic E-state index is -0.336. The molecule has 1 aliphatic carbocycles. The van der Waals surface area contributed by atoms with Crippen molar-refractivity contribution in [1.29, 1.82) is 0 Å². The van der Waals surface area contributed by atoms with Crippen molar-refractivity contribution in [3.63, 3.8) is 0 Å². The van der Waals surface area contributed by atoms with Crippen molar-refractivity contribution in [1.82, 2.24) is 5.32 Å². The molecule has 1 aliphatic rings. The highest BCUT2D eigenvalue weighted by Gasteiger charge is 2.19. The third-order valence-electron chi connectivity index (χ3n) is 3.37. The van der Waals surface area contributed by atoms with Gasteiger partial charge in [0.15, 0.2) is 0 Å². The number of aliphatic hydroxyl groups excluding tert-OH is 1. The number of benzene rings is 1. The van der Waals surface area contributed by atoms with E-state index < -0.39 is 0 Å². The van der Waals surface area contributed by atoms with Gasteiger partial charge in [-0.2, -0.15) is 0 Å². The standard InChI is InChI=1S/C16H20FNO3/c17-13-3-1-4-15(10-13)21-8-2-5-16(20)18-14-7-6-12(9-14)11-19/h1,3-4,6-7,10,12,14,19H,2,5,8-9,11H2,(H,18,20)/t12-,14+/m0/s1. The molecule has 2 rings (SSSR count). The van der Waals surface area contributed by atoms with Crippen LogP contribution >= 0.6 is 0 Å². The van der Waals surface area contributed by atoms with Gasteiger partial charge < -0.3 is 15.2 Å². The quantitative estimate of drug-likeness (QED) is 0.597. The van der Waals surface area contributed by atoms with Crippen molar-refractivity contribution in [2.24, 2.45) is 5.92 Å². The molecule has 1 amide bonds. The third-order valence-corrected chi connectivity index (χ3v) is 3.37. The summed E-state index contributed by atoms with van der Waals surface area (Å²) in [6.07, 6.45) is 5.54. The number of amides is 1. The van der Waals surface area contributed by atoms with Gasteiger partial charge in [0.25, 0.3) is 0 Å². The molecule has 0 aliphatic heterocycles. The Kier molecular flexibility index (Phi) is 5.75. The Morgan fingerprint density at radius 1 is 1.43 bits per heavy atom. The Labute approximate surface area is 123 Å². The van der Waals surface area contributed by atoms with Gasteiger partial charge in [0.05, 0.1) is 6.61 Å². The number of nitrogens with one attached hydrogen (secondary N) is 1. The Hall–Kier alpha value is -1.88. The van der Waals surface area contributed by atoms with Gasteiger partial charge >= 0.3 is 0 Å². The summed E-state index contributed by atoms with van der Waals surface area (Å²) in [5, 5.41) is 11.9. The molecule has 0 bridgehead atoms. The van der Waals surface area contributed by atoms with Crippen molar-refractivity contribution < 1.29 is 19.0 Å². The van der Waals surface area contributed by atoms with Crippen molar-refractivity contribution in [3.05, 3.63) is 42.2 Å². The fourth-order valence-electron chi connectivity index (χ4n) is 2.28. The zero-order valence-corrected chi connectivity index (χ0v) is 11.8. The van der Waals surface area contributed by atoms with Gasteiger partial charge in [-0.15, -0.1) is 0 Å². The van der Waals surface area contributed by atoms with Gasteiger partial charge in [-0.3, -0.25) is 4.79 Å². The smallest absolute Gasteiger partial charge is 0.220 e. The highest BCUT2D eigenvalue weighted by atomic mass is 19.1. The summed E-state index contributed by atoms with van der Waals surface area (Å²) < 4.78 is 18.3.